The first-order chi connectivity index (χ1) is 8.95. The largest absolute Gasteiger partial charge is 0.481 e. The molecule has 1 aliphatic carbocycles. The zero-order chi connectivity index (χ0) is 14.0. The van der Waals surface area contributed by atoms with Crippen LogP contribution >= 0.6 is 0 Å². The number of carbonyl (C=O) groups excluding carboxylic acids is 1. The SMILES string of the molecule is Cc1cc(C)cc(C(=O)NC2C=CC(C(=O)O)C2)c1. The van der Waals surface area contributed by atoms with Crippen molar-refractivity contribution in [2.45, 2.75) is 26.3 Å². The molecular formula is C15H17NO3. The van der Waals surface area contributed by atoms with Gasteiger partial charge in [0, 0.05) is 11.6 Å². The summed E-state index contributed by atoms with van der Waals surface area (Å²) < 4.78 is 0. The molecule has 0 bridgehead atoms. The number of carboxylic acids is 1. The number of carbonyl (C=O) groups is 2. The van der Waals surface area contributed by atoms with Crippen LogP contribution < -0.4 is 5.32 Å². The summed E-state index contributed by atoms with van der Waals surface area (Å²) in [5, 5.41) is 11.7. The van der Waals surface area contributed by atoms with E-state index in [2.05, 4.69) is 5.32 Å². The van der Waals surface area contributed by atoms with Gasteiger partial charge in [0.1, 0.15) is 0 Å². The van der Waals surface area contributed by atoms with Crippen molar-refractivity contribution in [3.8, 4) is 0 Å². The maximum Gasteiger partial charge on any atom is 0.310 e. The van der Waals surface area contributed by atoms with Gasteiger partial charge in [0.15, 0.2) is 0 Å². The first-order valence-corrected chi connectivity index (χ1v) is 6.26. The van der Waals surface area contributed by atoms with E-state index in [1.807, 2.05) is 32.0 Å². The Balaban J connectivity index is 2.02. The molecule has 0 radical (unpaired) electrons. The number of rotatable bonds is 3. The molecule has 100 valence electrons. The van der Waals surface area contributed by atoms with Crippen LogP contribution in [0.1, 0.15) is 27.9 Å². The molecule has 1 amide bonds. The molecule has 0 aromatic heterocycles. The molecule has 2 N–H and O–H groups in total. The summed E-state index contributed by atoms with van der Waals surface area (Å²) in [7, 11) is 0. The summed E-state index contributed by atoms with van der Waals surface area (Å²) in [5.74, 6) is -1.50. The van der Waals surface area contributed by atoms with E-state index in [9.17, 15) is 9.59 Å². The van der Waals surface area contributed by atoms with Crippen LogP contribution in [0.2, 0.25) is 0 Å². The van der Waals surface area contributed by atoms with Crippen LogP contribution in [0, 0.1) is 19.8 Å². The van der Waals surface area contributed by atoms with Crippen LogP contribution in [-0.2, 0) is 4.79 Å². The highest BCUT2D eigenvalue weighted by molar-refractivity contribution is 5.95. The minimum atomic E-state index is -0.848. The fourth-order valence-electron chi connectivity index (χ4n) is 2.35. The lowest BCUT2D eigenvalue weighted by Gasteiger charge is -2.13. The maximum absolute atomic E-state index is 12.1. The second-order valence-electron chi connectivity index (χ2n) is 5.02. The number of hydrogen-bond acceptors (Lipinski definition) is 2. The van der Waals surface area contributed by atoms with Gasteiger partial charge in [-0.15, -0.1) is 0 Å². The maximum atomic E-state index is 12.1. The second-order valence-corrected chi connectivity index (χ2v) is 5.02. The molecule has 2 rings (SSSR count). The van der Waals surface area contributed by atoms with Crippen LogP contribution in [0.15, 0.2) is 30.4 Å². The van der Waals surface area contributed by atoms with E-state index in [0.717, 1.165) is 11.1 Å². The Hall–Kier alpha value is -2.10. The summed E-state index contributed by atoms with van der Waals surface area (Å²) in [6.45, 7) is 3.89. The summed E-state index contributed by atoms with van der Waals surface area (Å²) >= 11 is 0. The normalized spacial score (nSPS) is 21.4. The average molecular weight is 259 g/mol. The molecule has 0 spiro atoms. The van der Waals surface area contributed by atoms with Gasteiger partial charge in [0.2, 0.25) is 0 Å². The number of benzene rings is 1. The lowest BCUT2D eigenvalue weighted by atomic mass is 10.1. The summed E-state index contributed by atoms with van der Waals surface area (Å²) in [5.41, 5.74) is 2.69. The molecule has 0 heterocycles. The Kier molecular flexibility index (Phi) is 3.69. The van der Waals surface area contributed by atoms with Gasteiger partial charge in [0.25, 0.3) is 5.91 Å². The van der Waals surface area contributed by atoms with Gasteiger partial charge in [0.05, 0.1) is 5.92 Å². The molecule has 1 aromatic rings. The van der Waals surface area contributed by atoms with Gasteiger partial charge in [-0.25, -0.2) is 0 Å². The van der Waals surface area contributed by atoms with E-state index in [0.29, 0.717) is 12.0 Å². The first-order valence-electron chi connectivity index (χ1n) is 6.26. The molecular weight excluding hydrogens is 242 g/mol. The average Bonchev–Trinajstić information content (AvgIpc) is 2.76. The number of nitrogens with one attached hydrogen (secondary N) is 1. The lowest BCUT2D eigenvalue weighted by molar-refractivity contribution is -0.140. The summed E-state index contributed by atoms with van der Waals surface area (Å²) in [6, 6.07) is 5.47. The minimum absolute atomic E-state index is 0.160. The van der Waals surface area contributed by atoms with Crippen LogP contribution in [0.25, 0.3) is 0 Å². The Morgan fingerprint density at radius 1 is 1.16 bits per heavy atom. The molecule has 2 atom stereocenters. The predicted octanol–water partition coefficient (Wildman–Crippen LogP) is 2.06. The Bertz CT molecular complexity index is 528. The van der Waals surface area contributed by atoms with Crippen molar-refractivity contribution in [2.24, 2.45) is 5.92 Å². The van der Waals surface area contributed by atoms with Crippen molar-refractivity contribution < 1.29 is 14.7 Å². The van der Waals surface area contributed by atoms with E-state index in [1.165, 1.54) is 0 Å². The highest BCUT2D eigenvalue weighted by Gasteiger charge is 2.25. The van der Waals surface area contributed by atoms with E-state index in [4.69, 9.17) is 5.11 Å². The van der Waals surface area contributed by atoms with E-state index < -0.39 is 11.9 Å². The van der Waals surface area contributed by atoms with Gasteiger partial charge < -0.3 is 10.4 Å². The lowest BCUT2D eigenvalue weighted by Crippen LogP contribution is -2.33. The molecule has 2 unspecified atom stereocenters. The van der Waals surface area contributed by atoms with Crippen molar-refractivity contribution >= 4 is 11.9 Å². The highest BCUT2D eigenvalue weighted by atomic mass is 16.4. The Morgan fingerprint density at radius 2 is 1.79 bits per heavy atom. The third kappa shape index (κ3) is 3.22. The number of carboxylic acid groups (broad SMARTS) is 1. The third-order valence-corrected chi connectivity index (χ3v) is 3.20. The number of aryl methyl sites for hydroxylation is 2. The molecule has 0 saturated carbocycles. The van der Waals surface area contributed by atoms with Crippen molar-refractivity contribution in [1.82, 2.24) is 5.32 Å². The second kappa shape index (κ2) is 5.26. The molecule has 0 fully saturated rings. The monoisotopic (exact) mass is 259 g/mol. The number of aliphatic carboxylic acids is 1. The fourth-order valence-corrected chi connectivity index (χ4v) is 2.35. The third-order valence-electron chi connectivity index (χ3n) is 3.20. The van der Waals surface area contributed by atoms with Crippen LogP contribution in [0.5, 0.6) is 0 Å². The molecule has 19 heavy (non-hydrogen) atoms. The molecule has 4 nitrogen and oxygen atoms in total. The topological polar surface area (TPSA) is 66.4 Å². The predicted molar refractivity (Wildman–Crippen MR) is 72.1 cm³/mol. The van der Waals surface area contributed by atoms with Crippen LogP contribution in [0.3, 0.4) is 0 Å². The summed E-state index contributed by atoms with van der Waals surface area (Å²) in [6.07, 6.45) is 3.81. The zero-order valence-electron chi connectivity index (χ0n) is 11.0. The van der Waals surface area contributed by atoms with E-state index in [1.54, 1.807) is 12.2 Å². The van der Waals surface area contributed by atoms with E-state index in [-0.39, 0.29) is 11.9 Å². The standard InChI is InChI=1S/C15H17NO3/c1-9-5-10(2)7-12(6-9)14(17)16-13-4-3-11(8-13)15(18)19/h3-7,11,13H,8H2,1-2H3,(H,16,17)(H,18,19). The van der Waals surface area contributed by atoms with Gasteiger partial charge in [-0.3, -0.25) is 9.59 Å². The van der Waals surface area contributed by atoms with Crippen LogP contribution in [-0.4, -0.2) is 23.0 Å². The molecule has 1 aliphatic rings. The van der Waals surface area contributed by atoms with Crippen LogP contribution in [0.4, 0.5) is 0 Å². The smallest absolute Gasteiger partial charge is 0.310 e. The van der Waals surface area contributed by atoms with Gasteiger partial charge >= 0.3 is 5.97 Å². The minimum Gasteiger partial charge on any atom is -0.481 e. The number of amides is 1. The van der Waals surface area contributed by atoms with Crippen molar-refractivity contribution in [3.63, 3.8) is 0 Å². The fraction of sp³-hybridized carbons (Fsp3) is 0.333. The van der Waals surface area contributed by atoms with Gasteiger partial charge in [-0.1, -0.05) is 29.3 Å². The molecule has 0 aliphatic heterocycles. The Labute approximate surface area is 112 Å². The molecule has 1 aromatic carbocycles. The van der Waals surface area contributed by atoms with Gasteiger partial charge in [-0.2, -0.15) is 0 Å². The quantitative estimate of drug-likeness (QED) is 0.816. The van der Waals surface area contributed by atoms with Crippen molar-refractivity contribution in [3.05, 3.63) is 47.0 Å². The molecule has 0 saturated heterocycles. The van der Waals surface area contributed by atoms with Gasteiger partial charge in [-0.05, 0) is 32.4 Å². The van der Waals surface area contributed by atoms with Crippen molar-refractivity contribution in [2.75, 3.05) is 0 Å². The Morgan fingerprint density at radius 3 is 2.32 bits per heavy atom. The molecule has 4 heteroatoms. The first kappa shape index (κ1) is 13.3. The van der Waals surface area contributed by atoms with Crippen molar-refractivity contribution in [1.29, 1.82) is 0 Å². The highest BCUT2D eigenvalue weighted by Crippen LogP contribution is 2.18. The van der Waals surface area contributed by atoms with E-state index >= 15 is 0 Å². The number of hydrogen-bond donors (Lipinski definition) is 2. The zero-order valence-corrected chi connectivity index (χ0v) is 11.0. The summed E-state index contributed by atoms with van der Waals surface area (Å²) in [4.78, 5) is 22.9.